The van der Waals surface area contributed by atoms with Crippen LogP contribution in [0.1, 0.15) is 31.9 Å². The highest BCUT2D eigenvalue weighted by atomic mass is 16.2. The normalized spacial score (nSPS) is 18.3. The molecule has 0 N–H and O–H groups in total. The zero-order valence-electron chi connectivity index (χ0n) is 10.9. The van der Waals surface area contributed by atoms with E-state index in [9.17, 15) is 4.79 Å². The van der Waals surface area contributed by atoms with E-state index in [1.165, 1.54) is 12.8 Å². The zero-order chi connectivity index (χ0) is 12.8. The molecule has 0 bridgehead atoms. The highest BCUT2D eigenvalue weighted by Crippen LogP contribution is 2.17. The SMILES string of the molecule is CCCC[C@@H]1C=CCN1C(=O)Cc1ccccn1. The van der Waals surface area contributed by atoms with E-state index in [2.05, 4.69) is 24.1 Å². The molecule has 1 amide bonds. The number of amides is 1. The number of nitrogens with zero attached hydrogens (tertiary/aromatic N) is 2. The average molecular weight is 244 g/mol. The maximum absolute atomic E-state index is 12.2. The summed E-state index contributed by atoms with van der Waals surface area (Å²) < 4.78 is 0. The smallest absolute Gasteiger partial charge is 0.229 e. The maximum Gasteiger partial charge on any atom is 0.229 e. The van der Waals surface area contributed by atoms with Gasteiger partial charge in [0, 0.05) is 18.4 Å². The predicted molar refractivity (Wildman–Crippen MR) is 72.1 cm³/mol. The lowest BCUT2D eigenvalue weighted by Crippen LogP contribution is -2.37. The van der Waals surface area contributed by atoms with Gasteiger partial charge in [-0.05, 0) is 18.6 Å². The standard InChI is InChI=1S/C15H20N2O/c1-2-3-8-14-9-6-11-17(14)15(18)12-13-7-4-5-10-16-13/h4-7,9-10,14H,2-3,8,11-12H2,1H3/t14-/m1/s1. The number of pyridine rings is 1. The minimum Gasteiger partial charge on any atom is -0.332 e. The van der Waals surface area contributed by atoms with Crippen LogP contribution < -0.4 is 0 Å². The van der Waals surface area contributed by atoms with Crippen molar-refractivity contribution in [3.8, 4) is 0 Å². The van der Waals surface area contributed by atoms with Gasteiger partial charge in [0.2, 0.25) is 5.91 Å². The first-order chi connectivity index (χ1) is 8.81. The lowest BCUT2D eigenvalue weighted by molar-refractivity contribution is -0.131. The fraction of sp³-hybridized carbons (Fsp3) is 0.467. The Morgan fingerprint density at radius 3 is 3.11 bits per heavy atom. The van der Waals surface area contributed by atoms with Crippen LogP contribution in [0.15, 0.2) is 36.5 Å². The van der Waals surface area contributed by atoms with Crippen molar-refractivity contribution < 1.29 is 4.79 Å². The number of hydrogen-bond acceptors (Lipinski definition) is 2. The lowest BCUT2D eigenvalue weighted by atomic mass is 10.1. The van der Waals surface area contributed by atoms with Gasteiger partial charge in [-0.2, -0.15) is 0 Å². The third-order valence-electron chi connectivity index (χ3n) is 3.29. The van der Waals surface area contributed by atoms with Gasteiger partial charge in [0.15, 0.2) is 0 Å². The van der Waals surface area contributed by atoms with Gasteiger partial charge in [0.25, 0.3) is 0 Å². The van der Waals surface area contributed by atoms with Gasteiger partial charge in [0.05, 0.1) is 12.5 Å². The summed E-state index contributed by atoms with van der Waals surface area (Å²) in [6.45, 7) is 2.93. The number of carbonyl (C=O) groups is 1. The second kappa shape index (κ2) is 6.34. The Morgan fingerprint density at radius 2 is 2.39 bits per heavy atom. The molecular weight excluding hydrogens is 224 g/mol. The van der Waals surface area contributed by atoms with Crippen molar-refractivity contribution in [2.75, 3.05) is 6.54 Å². The fourth-order valence-corrected chi connectivity index (χ4v) is 2.28. The second-order valence-electron chi connectivity index (χ2n) is 4.68. The van der Waals surface area contributed by atoms with Gasteiger partial charge >= 0.3 is 0 Å². The summed E-state index contributed by atoms with van der Waals surface area (Å²) in [4.78, 5) is 18.4. The first kappa shape index (κ1) is 12.8. The monoisotopic (exact) mass is 244 g/mol. The van der Waals surface area contributed by atoms with E-state index in [1.807, 2.05) is 23.1 Å². The van der Waals surface area contributed by atoms with E-state index in [0.717, 1.165) is 18.7 Å². The van der Waals surface area contributed by atoms with E-state index in [-0.39, 0.29) is 5.91 Å². The van der Waals surface area contributed by atoms with Crippen LogP contribution in [0.4, 0.5) is 0 Å². The van der Waals surface area contributed by atoms with Crippen molar-refractivity contribution in [2.24, 2.45) is 0 Å². The van der Waals surface area contributed by atoms with Gasteiger partial charge in [-0.1, -0.05) is 38.0 Å². The van der Waals surface area contributed by atoms with Crippen LogP contribution in [0.2, 0.25) is 0 Å². The molecule has 1 aromatic rings. The quantitative estimate of drug-likeness (QED) is 0.746. The molecule has 96 valence electrons. The van der Waals surface area contributed by atoms with Crippen LogP contribution in [-0.2, 0) is 11.2 Å². The molecule has 0 aliphatic carbocycles. The molecular formula is C15H20N2O. The number of aromatic nitrogens is 1. The molecule has 0 unspecified atom stereocenters. The Balaban J connectivity index is 1.92. The second-order valence-corrected chi connectivity index (χ2v) is 4.68. The van der Waals surface area contributed by atoms with E-state index in [0.29, 0.717) is 12.5 Å². The minimum absolute atomic E-state index is 0.180. The average Bonchev–Trinajstić information content (AvgIpc) is 2.86. The van der Waals surface area contributed by atoms with E-state index >= 15 is 0 Å². The van der Waals surface area contributed by atoms with Crippen molar-refractivity contribution in [1.29, 1.82) is 0 Å². The lowest BCUT2D eigenvalue weighted by Gasteiger charge is -2.24. The molecule has 1 atom stereocenters. The third-order valence-corrected chi connectivity index (χ3v) is 3.29. The summed E-state index contributed by atoms with van der Waals surface area (Å²) in [7, 11) is 0. The predicted octanol–water partition coefficient (Wildman–Crippen LogP) is 2.58. The molecule has 0 radical (unpaired) electrons. The molecule has 0 aromatic carbocycles. The van der Waals surface area contributed by atoms with Crippen LogP contribution >= 0.6 is 0 Å². The molecule has 2 heterocycles. The largest absolute Gasteiger partial charge is 0.332 e. The van der Waals surface area contributed by atoms with Crippen LogP contribution in [0.25, 0.3) is 0 Å². The Labute approximate surface area is 109 Å². The topological polar surface area (TPSA) is 33.2 Å². The molecule has 3 nitrogen and oxygen atoms in total. The highest BCUT2D eigenvalue weighted by molar-refractivity contribution is 5.79. The summed E-state index contributed by atoms with van der Waals surface area (Å²) in [6, 6.07) is 5.99. The zero-order valence-corrected chi connectivity index (χ0v) is 10.9. The van der Waals surface area contributed by atoms with Crippen LogP contribution in [0, 0.1) is 0 Å². The Bertz CT molecular complexity index is 414. The van der Waals surface area contributed by atoms with E-state index < -0.39 is 0 Å². The molecule has 0 saturated heterocycles. The van der Waals surface area contributed by atoms with Gasteiger partial charge in [-0.3, -0.25) is 9.78 Å². The maximum atomic E-state index is 12.2. The number of hydrogen-bond donors (Lipinski definition) is 0. The molecule has 18 heavy (non-hydrogen) atoms. The number of carbonyl (C=O) groups excluding carboxylic acids is 1. The molecule has 1 aliphatic heterocycles. The van der Waals surface area contributed by atoms with Crippen LogP contribution in [0.3, 0.4) is 0 Å². The number of unbranched alkanes of at least 4 members (excludes halogenated alkanes) is 1. The fourth-order valence-electron chi connectivity index (χ4n) is 2.28. The Kier molecular flexibility index (Phi) is 4.51. The third kappa shape index (κ3) is 3.19. The first-order valence-electron chi connectivity index (χ1n) is 6.67. The minimum atomic E-state index is 0.180. The van der Waals surface area contributed by atoms with Gasteiger partial charge < -0.3 is 4.90 Å². The molecule has 1 aliphatic rings. The first-order valence-corrected chi connectivity index (χ1v) is 6.67. The van der Waals surface area contributed by atoms with E-state index in [4.69, 9.17) is 0 Å². The van der Waals surface area contributed by atoms with Gasteiger partial charge in [-0.15, -0.1) is 0 Å². The van der Waals surface area contributed by atoms with Crippen LogP contribution in [0.5, 0.6) is 0 Å². The van der Waals surface area contributed by atoms with Crippen molar-refractivity contribution in [3.63, 3.8) is 0 Å². The van der Waals surface area contributed by atoms with Crippen molar-refractivity contribution >= 4 is 5.91 Å². The van der Waals surface area contributed by atoms with Crippen LogP contribution in [-0.4, -0.2) is 28.4 Å². The van der Waals surface area contributed by atoms with Gasteiger partial charge in [0.1, 0.15) is 0 Å². The van der Waals surface area contributed by atoms with Crippen molar-refractivity contribution in [2.45, 2.75) is 38.6 Å². The molecule has 0 fully saturated rings. The molecule has 0 saturated carbocycles. The molecule has 1 aromatic heterocycles. The Hall–Kier alpha value is -1.64. The number of rotatable bonds is 5. The Morgan fingerprint density at radius 1 is 1.50 bits per heavy atom. The molecule has 2 rings (SSSR count). The summed E-state index contributed by atoms with van der Waals surface area (Å²) >= 11 is 0. The summed E-state index contributed by atoms with van der Waals surface area (Å²) in [5.74, 6) is 0.180. The van der Waals surface area contributed by atoms with Gasteiger partial charge in [-0.25, -0.2) is 0 Å². The summed E-state index contributed by atoms with van der Waals surface area (Å²) in [5.41, 5.74) is 0.851. The highest BCUT2D eigenvalue weighted by Gasteiger charge is 2.24. The summed E-state index contributed by atoms with van der Waals surface area (Å²) in [5, 5.41) is 0. The van der Waals surface area contributed by atoms with Crippen molar-refractivity contribution in [1.82, 2.24) is 9.88 Å². The molecule has 3 heteroatoms. The van der Waals surface area contributed by atoms with Crippen molar-refractivity contribution in [3.05, 3.63) is 42.2 Å². The molecule has 0 spiro atoms. The van der Waals surface area contributed by atoms with E-state index in [1.54, 1.807) is 6.20 Å². The summed E-state index contributed by atoms with van der Waals surface area (Å²) in [6.07, 6.45) is 9.81.